The predicted molar refractivity (Wildman–Crippen MR) is 118 cm³/mol. The van der Waals surface area contributed by atoms with Crippen molar-refractivity contribution in [1.29, 1.82) is 0 Å². The van der Waals surface area contributed by atoms with Crippen molar-refractivity contribution in [1.82, 2.24) is 5.32 Å². The zero-order valence-corrected chi connectivity index (χ0v) is 18.0. The van der Waals surface area contributed by atoms with Crippen LogP contribution >= 0.6 is 23.2 Å². The summed E-state index contributed by atoms with van der Waals surface area (Å²) in [6, 6.07) is 14.4. The Balaban J connectivity index is 1.81. The molecule has 0 bridgehead atoms. The molecule has 3 aromatic rings. The van der Waals surface area contributed by atoms with Crippen LogP contribution in [0.5, 0.6) is 0 Å². The number of anilines is 1. The Morgan fingerprint density at radius 2 is 1.66 bits per heavy atom. The summed E-state index contributed by atoms with van der Waals surface area (Å²) >= 11 is 12.4. The lowest BCUT2D eigenvalue weighted by atomic mass is 9.59. The third kappa shape index (κ3) is 3.09. The Kier molecular flexibility index (Phi) is 4.95. The number of fused-ring (bicyclic) bond motifs is 2. The van der Waals surface area contributed by atoms with E-state index in [1.807, 2.05) is 0 Å². The Morgan fingerprint density at radius 3 is 2.41 bits per heavy atom. The molecule has 2 amide bonds. The number of hydrogen-bond acceptors (Lipinski definition) is 2. The number of benzene rings is 3. The van der Waals surface area contributed by atoms with Crippen molar-refractivity contribution in [3.8, 4) is 0 Å². The standard InChI is InChI=1S/C24H16Cl2F2N2O2/c25-14-3-1-2-12(8-14)17-11-21(31)30-22(13-4-7-18(27)19(28)9-13)24(17)16-6-5-15(26)10-20(16)29-23(24)32/h1-10,17,22H,11H2,(H,29,32)(H,30,31). The SMILES string of the molecule is O=C1CC(c2cccc(Cl)c2)C2(C(=O)Nc3cc(Cl)ccc32)C(c2ccc(F)c(F)c2)N1. The minimum atomic E-state index is -1.33. The second kappa shape index (κ2) is 7.57. The Morgan fingerprint density at radius 1 is 0.875 bits per heavy atom. The molecule has 1 saturated heterocycles. The molecule has 0 aliphatic carbocycles. The Hall–Kier alpha value is -2.96. The number of nitrogens with one attached hydrogen (secondary N) is 2. The number of rotatable bonds is 2. The van der Waals surface area contributed by atoms with E-state index in [-0.39, 0.29) is 23.8 Å². The molecule has 2 aliphatic heterocycles. The van der Waals surface area contributed by atoms with Gasteiger partial charge >= 0.3 is 0 Å². The summed E-state index contributed by atoms with van der Waals surface area (Å²) in [5.41, 5.74) is 0.771. The van der Waals surface area contributed by atoms with Gasteiger partial charge in [0, 0.05) is 28.1 Å². The third-order valence-corrected chi connectivity index (χ3v) is 6.75. The van der Waals surface area contributed by atoms with Gasteiger partial charge in [-0.25, -0.2) is 8.78 Å². The molecule has 1 fully saturated rings. The monoisotopic (exact) mass is 472 g/mol. The summed E-state index contributed by atoms with van der Waals surface area (Å²) < 4.78 is 27.9. The summed E-state index contributed by atoms with van der Waals surface area (Å²) in [6.07, 6.45) is 0.00993. The van der Waals surface area contributed by atoms with Gasteiger partial charge in [-0.1, -0.05) is 47.5 Å². The number of carbonyl (C=O) groups is 2. The van der Waals surface area contributed by atoms with Crippen molar-refractivity contribution in [3.05, 3.63) is 99.0 Å². The van der Waals surface area contributed by atoms with Gasteiger partial charge in [0.2, 0.25) is 11.8 Å². The zero-order valence-electron chi connectivity index (χ0n) is 16.5. The molecule has 32 heavy (non-hydrogen) atoms. The molecule has 3 aromatic carbocycles. The van der Waals surface area contributed by atoms with E-state index in [2.05, 4.69) is 10.6 Å². The van der Waals surface area contributed by atoms with E-state index in [1.165, 1.54) is 6.07 Å². The second-order valence-corrected chi connectivity index (χ2v) is 8.87. The van der Waals surface area contributed by atoms with Gasteiger partial charge in [0.15, 0.2) is 11.6 Å². The summed E-state index contributed by atoms with van der Waals surface area (Å²) in [5.74, 6) is -3.37. The number of halogens is 4. The van der Waals surface area contributed by atoms with Crippen LogP contribution in [0.2, 0.25) is 10.0 Å². The van der Waals surface area contributed by atoms with E-state index in [0.29, 0.717) is 26.9 Å². The normalized spacial score (nSPS) is 24.2. The Bertz CT molecular complexity index is 1280. The molecule has 4 nitrogen and oxygen atoms in total. The number of amides is 2. The fraction of sp³-hybridized carbons (Fsp3) is 0.167. The largest absolute Gasteiger partial charge is 0.348 e. The molecule has 0 aromatic heterocycles. The van der Waals surface area contributed by atoms with Crippen LogP contribution in [-0.2, 0) is 15.0 Å². The average Bonchev–Trinajstić information content (AvgIpc) is 3.03. The molecular formula is C24H16Cl2F2N2O2. The predicted octanol–water partition coefficient (Wildman–Crippen LogP) is 5.51. The highest BCUT2D eigenvalue weighted by Gasteiger charge is 2.61. The van der Waals surface area contributed by atoms with E-state index in [9.17, 15) is 18.4 Å². The third-order valence-electron chi connectivity index (χ3n) is 6.28. The van der Waals surface area contributed by atoms with Gasteiger partial charge in [-0.05, 0) is 53.1 Å². The summed E-state index contributed by atoms with van der Waals surface area (Å²) in [7, 11) is 0. The molecule has 3 atom stereocenters. The van der Waals surface area contributed by atoms with Gasteiger partial charge in [-0.2, -0.15) is 0 Å². The van der Waals surface area contributed by atoms with E-state index in [0.717, 1.165) is 12.1 Å². The Labute approximate surface area is 192 Å². The van der Waals surface area contributed by atoms with Crippen molar-refractivity contribution in [2.24, 2.45) is 0 Å². The fourth-order valence-corrected chi connectivity index (χ4v) is 5.36. The van der Waals surface area contributed by atoms with Crippen LogP contribution in [0, 0.1) is 11.6 Å². The van der Waals surface area contributed by atoms with Crippen LogP contribution in [0.25, 0.3) is 0 Å². The highest BCUT2D eigenvalue weighted by atomic mass is 35.5. The van der Waals surface area contributed by atoms with Crippen molar-refractivity contribution < 1.29 is 18.4 Å². The molecule has 8 heteroatoms. The molecule has 2 heterocycles. The van der Waals surface area contributed by atoms with Gasteiger partial charge < -0.3 is 10.6 Å². The average molecular weight is 473 g/mol. The smallest absolute Gasteiger partial charge is 0.238 e. The lowest BCUT2D eigenvalue weighted by Crippen LogP contribution is -2.56. The van der Waals surface area contributed by atoms with Gasteiger partial charge in [-0.3, -0.25) is 9.59 Å². The first-order valence-corrected chi connectivity index (χ1v) is 10.7. The summed E-state index contributed by atoms with van der Waals surface area (Å²) in [4.78, 5) is 26.5. The highest BCUT2D eigenvalue weighted by molar-refractivity contribution is 6.31. The van der Waals surface area contributed by atoms with Crippen LogP contribution in [0.15, 0.2) is 60.7 Å². The van der Waals surface area contributed by atoms with Crippen LogP contribution < -0.4 is 10.6 Å². The molecule has 2 N–H and O–H groups in total. The number of hydrogen-bond donors (Lipinski definition) is 2. The number of carbonyl (C=O) groups excluding carboxylic acids is 2. The first-order valence-electron chi connectivity index (χ1n) is 9.92. The molecular weight excluding hydrogens is 457 g/mol. The van der Waals surface area contributed by atoms with E-state index < -0.39 is 29.0 Å². The quantitative estimate of drug-likeness (QED) is 0.516. The lowest BCUT2D eigenvalue weighted by molar-refractivity contribution is -0.131. The van der Waals surface area contributed by atoms with Crippen molar-refractivity contribution in [3.63, 3.8) is 0 Å². The second-order valence-electron chi connectivity index (χ2n) is 8.00. The maximum Gasteiger partial charge on any atom is 0.238 e. The molecule has 162 valence electrons. The summed E-state index contributed by atoms with van der Waals surface area (Å²) in [6.45, 7) is 0. The fourth-order valence-electron chi connectivity index (χ4n) is 4.98. The molecule has 2 aliphatic rings. The number of piperidine rings is 1. The zero-order chi connectivity index (χ0) is 22.6. The molecule has 3 unspecified atom stereocenters. The van der Waals surface area contributed by atoms with Crippen molar-refractivity contribution >= 4 is 40.7 Å². The van der Waals surface area contributed by atoms with Gasteiger partial charge in [0.1, 0.15) is 5.41 Å². The topological polar surface area (TPSA) is 58.2 Å². The van der Waals surface area contributed by atoms with Crippen molar-refractivity contribution in [2.45, 2.75) is 23.8 Å². The maximum absolute atomic E-state index is 14.2. The van der Waals surface area contributed by atoms with E-state index in [4.69, 9.17) is 23.2 Å². The van der Waals surface area contributed by atoms with Gasteiger partial charge in [0.25, 0.3) is 0 Å². The van der Waals surface area contributed by atoms with E-state index >= 15 is 0 Å². The minimum Gasteiger partial charge on any atom is -0.348 e. The van der Waals surface area contributed by atoms with E-state index in [1.54, 1.807) is 42.5 Å². The van der Waals surface area contributed by atoms with Crippen molar-refractivity contribution in [2.75, 3.05) is 5.32 Å². The van der Waals surface area contributed by atoms with Crippen LogP contribution in [0.4, 0.5) is 14.5 Å². The van der Waals surface area contributed by atoms with Crippen LogP contribution in [0.1, 0.15) is 35.1 Å². The summed E-state index contributed by atoms with van der Waals surface area (Å²) in [5, 5.41) is 6.63. The van der Waals surface area contributed by atoms with Crippen LogP contribution in [0.3, 0.4) is 0 Å². The molecule has 0 radical (unpaired) electrons. The highest BCUT2D eigenvalue weighted by Crippen LogP contribution is 2.57. The minimum absolute atomic E-state index is 0.00993. The maximum atomic E-state index is 14.2. The molecule has 5 rings (SSSR count). The lowest BCUT2D eigenvalue weighted by Gasteiger charge is -2.46. The molecule has 1 spiro atoms. The van der Waals surface area contributed by atoms with Gasteiger partial charge in [-0.15, -0.1) is 0 Å². The molecule has 0 saturated carbocycles. The first-order chi connectivity index (χ1) is 15.3. The van der Waals surface area contributed by atoms with Crippen LogP contribution in [-0.4, -0.2) is 11.8 Å². The van der Waals surface area contributed by atoms with Gasteiger partial charge in [0.05, 0.1) is 6.04 Å². The first kappa shape index (κ1) is 20.9.